The number of aryl methyl sites for hydroxylation is 1. The summed E-state index contributed by atoms with van der Waals surface area (Å²) < 4.78 is 16.8. The summed E-state index contributed by atoms with van der Waals surface area (Å²) in [5.74, 6) is 1.26. The first-order valence-corrected chi connectivity index (χ1v) is 10.3. The number of hydrogen-bond acceptors (Lipinski definition) is 7. The molecule has 2 N–H and O–H groups in total. The molecule has 8 nitrogen and oxygen atoms in total. The van der Waals surface area contributed by atoms with Crippen molar-refractivity contribution >= 4 is 11.7 Å². The molecule has 0 unspecified atom stereocenters. The summed E-state index contributed by atoms with van der Waals surface area (Å²) in [5, 5.41) is 0. The number of benzene rings is 1. The summed E-state index contributed by atoms with van der Waals surface area (Å²) in [5.41, 5.74) is 9.65. The van der Waals surface area contributed by atoms with Crippen LogP contribution in [0.2, 0.25) is 0 Å². The summed E-state index contributed by atoms with van der Waals surface area (Å²) in [6.07, 6.45) is 1.38. The minimum Gasteiger partial charge on any atom is -0.496 e. The van der Waals surface area contributed by atoms with Crippen molar-refractivity contribution in [2.75, 3.05) is 39.6 Å². The summed E-state index contributed by atoms with van der Waals surface area (Å²) in [4.78, 5) is 24.0. The van der Waals surface area contributed by atoms with Crippen LogP contribution in [-0.2, 0) is 4.74 Å². The van der Waals surface area contributed by atoms with Gasteiger partial charge in [-0.3, -0.25) is 9.78 Å². The number of anilines is 1. The van der Waals surface area contributed by atoms with Crippen LogP contribution in [0.1, 0.15) is 27.8 Å². The lowest BCUT2D eigenvalue weighted by Gasteiger charge is -2.33. The predicted molar refractivity (Wildman–Crippen MR) is 121 cm³/mol. The van der Waals surface area contributed by atoms with E-state index in [0.717, 1.165) is 22.5 Å². The molecule has 0 radical (unpaired) electrons. The van der Waals surface area contributed by atoms with Crippen molar-refractivity contribution in [3.63, 3.8) is 0 Å². The van der Waals surface area contributed by atoms with Gasteiger partial charge in [-0.15, -0.1) is 0 Å². The molecule has 3 heterocycles. The van der Waals surface area contributed by atoms with E-state index in [1.54, 1.807) is 35.4 Å². The highest BCUT2D eigenvalue weighted by Crippen LogP contribution is 2.32. The first-order chi connectivity index (χ1) is 15.5. The van der Waals surface area contributed by atoms with Crippen LogP contribution < -0.4 is 15.2 Å². The molecule has 1 fully saturated rings. The Morgan fingerprint density at radius 2 is 1.88 bits per heavy atom. The molecule has 1 saturated heterocycles. The smallest absolute Gasteiger partial charge is 0.261 e. The van der Waals surface area contributed by atoms with Gasteiger partial charge < -0.3 is 24.8 Å². The van der Waals surface area contributed by atoms with Crippen LogP contribution in [0, 0.1) is 6.92 Å². The minimum absolute atomic E-state index is 0.164. The zero-order chi connectivity index (χ0) is 22.7. The largest absolute Gasteiger partial charge is 0.496 e. The number of hydrogen-bond donors (Lipinski definition) is 1. The third-order valence-corrected chi connectivity index (χ3v) is 5.42. The highest BCUT2D eigenvalue weighted by molar-refractivity contribution is 5.99. The van der Waals surface area contributed by atoms with E-state index in [2.05, 4.69) is 9.97 Å². The van der Waals surface area contributed by atoms with Crippen LogP contribution in [0.4, 0.5) is 5.82 Å². The molecule has 1 aliphatic heterocycles. The second kappa shape index (κ2) is 9.23. The number of nitrogens with two attached hydrogens (primary N) is 1. The summed E-state index contributed by atoms with van der Waals surface area (Å²) in [7, 11) is 3.08. The fraction of sp³-hybridized carbons (Fsp3) is 0.292. The topological polar surface area (TPSA) is 99.8 Å². The van der Waals surface area contributed by atoms with Crippen molar-refractivity contribution in [3.05, 3.63) is 65.6 Å². The Bertz CT molecular complexity index is 1100. The maximum Gasteiger partial charge on any atom is 0.261 e. The molecule has 1 aliphatic rings. The van der Waals surface area contributed by atoms with E-state index in [9.17, 15) is 4.79 Å². The molecule has 8 heteroatoms. The fourth-order valence-corrected chi connectivity index (χ4v) is 3.83. The van der Waals surface area contributed by atoms with Crippen molar-refractivity contribution in [2.45, 2.75) is 13.0 Å². The first kappa shape index (κ1) is 21.6. The number of amides is 1. The number of rotatable bonds is 5. The molecule has 1 aromatic carbocycles. The molecule has 3 aromatic rings. The van der Waals surface area contributed by atoms with Gasteiger partial charge in [-0.2, -0.15) is 0 Å². The van der Waals surface area contributed by atoms with Crippen molar-refractivity contribution < 1.29 is 19.0 Å². The molecular formula is C24H26N4O4. The second-order valence-electron chi connectivity index (χ2n) is 7.54. The lowest BCUT2D eigenvalue weighted by Crippen LogP contribution is -2.42. The Kier molecular flexibility index (Phi) is 6.23. The van der Waals surface area contributed by atoms with Crippen molar-refractivity contribution in [1.29, 1.82) is 0 Å². The van der Waals surface area contributed by atoms with Crippen molar-refractivity contribution in [3.8, 4) is 22.6 Å². The molecular weight excluding hydrogens is 408 g/mol. The summed E-state index contributed by atoms with van der Waals surface area (Å²) >= 11 is 0. The molecule has 0 aliphatic carbocycles. The summed E-state index contributed by atoms with van der Waals surface area (Å²) in [6.45, 7) is 3.18. The van der Waals surface area contributed by atoms with E-state index in [1.165, 1.54) is 14.2 Å². The number of nitrogens with zero attached hydrogens (tertiary/aromatic N) is 3. The maximum absolute atomic E-state index is 13.4. The highest BCUT2D eigenvalue weighted by atomic mass is 16.5. The van der Waals surface area contributed by atoms with Crippen molar-refractivity contribution in [2.24, 2.45) is 0 Å². The molecule has 1 atom stereocenters. The van der Waals surface area contributed by atoms with E-state index >= 15 is 0 Å². The molecule has 0 bridgehead atoms. The normalized spacial score (nSPS) is 16.0. The van der Waals surface area contributed by atoms with Gasteiger partial charge in [-0.05, 0) is 48.9 Å². The predicted octanol–water partition coefficient (Wildman–Crippen LogP) is 3.27. The summed E-state index contributed by atoms with van der Waals surface area (Å²) in [6, 6.07) is 13.0. The number of nitrogen functional groups attached to an aromatic ring is 1. The monoisotopic (exact) mass is 434 g/mol. The van der Waals surface area contributed by atoms with Crippen LogP contribution in [0.25, 0.3) is 11.1 Å². The molecule has 1 amide bonds. The number of ether oxygens (including phenoxy) is 3. The standard InChI is InChI=1S/C24H26N4O4/c1-15-11-17(16-7-8-22(25)26-13-16)12-18(27-15)21-14-28(9-10-32-21)24(29)23-19(30-2)5-4-6-20(23)31-3/h4-8,11-13,21H,9-10,14H2,1-3H3,(H2,25,26)/t21-/m1/s1. The molecule has 2 aromatic heterocycles. The van der Waals surface area contributed by atoms with Gasteiger partial charge in [-0.1, -0.05) is 6.07 Å². The van der Waals surface area contributed by atoms with Gasteiger partial charge in [0.2, 0.25) is 0 Å². The fourth-order valence-electron chi connectivity index (χ4n) is 3.83. The third-order valence-electron chi connectivity index (χ3n) is 5.42. The molecule has 4 rings (SSSR count). The Balaban J connectivity index is 1.61. The number of methoxy groups -OCH3 is 2. The van der Waals surface area contributed by atoms with Gasteiger partial charge >= 0.3 is 0 Å². The average molecular weight is 434 g/mol. The average Bonchev–Trinajstić information content (AvgIpc) is 2.83. The highest BCUT2D eigenvalue weighted by Gasteiger charge is 2.30. The van der Waals surface area contributed by atoms with Gasteiger partial charge in [-0.25, -0.2) is 4.98 Å². The van der Waals surface area contributed by atoms with E-state index in [0.29, 0.717) is 42.6 Å². The zero-order valence-electron chi connectivity index (χ0n) is 18.4. The molecule has 32 heavy (non-hydrogen) atoms. The minimum atomic E-state index is -0.353. The third kappa shape index (κ3) is 4.36. The number of carbonyl (C=O) groups excluding carboxylic acids is 1. The van der Waals surface area contributed by atoms with Crippen LogP contribution in [0.15, 0.2) is 48.7 Å². The van der Waals surface area contributed by atoms with Crippen LogP contribution >= 0.6 is 0 Å². The molecule has 0 spiro atoms. The zero-order valence-corrected chi connectivity index (χ0v) is 18.4. The van der Waals surface area contributed by atoms with E-state index in [4.69, 9.17) is 19.9 Å². The van der Waals surface area contributed by atoms with Gasteiger partial charge in [0.05, 0.1) is 33.1 Å². The molecule has 166 valence electrons. The Hall–Kier alpha value is -3.65. The van der Waals surface area contributed by atoms with Gasteiger partial charge in [0.1, 0.15) is 29.0 Å². The first-order valence-electron chi connectivity index (χ1n) is 10.3. The number of morpholine rings is 1. The lowest BCUT2D eigenvalue weighted by molar-refractivity contribution is -0.0249. The van der Waals surface area contributed by atoms with Crippen LogP contribution in [0.5, 0.6) is 11.5 Å². The Morgan fingerprint density at radius 1 is 1.12 bits per heavy atom. The van der Waals surface area contributed by atoms with Crippen molar-refractivity contribution in [1.82, 2.24) is 14.9 Å². The van der Waals surface area contributed by atoms with E-state index in [1.807, 2.05) is 25.1 Å². The SMILES string of the molecule is COc1cccc(OC)c1C(=O)N1CCO[C@@H](c2cc(-c3ccc(N)nc3)cc(C)n2)C1. The van der Waals surface area contributed by atoms with E-state index in [-0.39, 0.29) is 12.0 Å². The van der Waals surface area contributed by atoms with Crippen LogP contribution in [-0.4, -0.2) is 54.7 Å². The Labute approximate surface area is 187 Å². The van der Waals surface area contributed by atoms with Crippen LogP contribution in [0.3, 0.4) is 0 Å². The van der Waals surface area contributed by atoms with Gasteiger partial charge in [0.15, 0.2) is 0 Å². The van der Waals surface area contributed by atoms with E-state index < -0.39 is 0 Å². The van der Waals surface area contributed by atoms with Gasteiger partial charge in [0.25, 0.3) is 5.91 Å². The maximum atomic E-state index is 13.4. The quantitative estimate of drug-likeness (QED) is 0.658. The Morgan fingerprint density at radius 3 is 2.53 bits per heavy atom. The second-order valence-corrected chi connectivity index (χ2v) is 7.54. The van der Waals surface area contributed by atoms with Gasteiger partial charge in [0, 0.05) is 24.0 Å². The number of pyridine rings is 2. The lowest BCUT2D eigenvalue weighted by atomic mass is 10.0. The molecule has 0 saturated carbocycles. The number of aromatic nitrogens is 2. The number of carbonyl (C=O) groups is 1.